The molecule has 0 unspecified atom stereocenters. The van der Waals surface area contributed by atoms with E-state index in [-0.39, 0.29) is 18.9 Å². The van der Waals surface area contributed by atoms with Crippen molar-refractivity contribution in [2.45, 2.75) is 20.3 Å². The zero-order chi connectivity index (χ0) is 21.7. The number of aliphatic carboxylic acids is 1. The summed E-state index contributed by atoms with van der Waals surface area (Å²) in [6.45, 7) is 4.25. The van der Waals surface area contributed by atoms with E-state index in [1.165, 1.54) is 30.2 Å². The highest BCUT2D eigenvalue weighted by molar-refractivity contribution is 8.18. The van der Waals surface area contributed by atoms with Gasteiger partial charge in [-0.15, -0.1) is 10.2 Å². The van der Waals surface area contributed by atoms with Crippen molar-refractivity contribution in [3.63, 3.8) is 0 Å². The van der Waals surface area contributed by atoms with Gasteiger partial charge in [-0.2, -0.15) is 4.99 Å². The fourth-order valence-corrected chi connectivity index (χ4v) is 4.24. The summed E-state index contributed by atoms with van der Waals surface area (Å²) in [5, 5.41) is 18.5. The first-order valence-electron chi connectivity index (χ1n) is 9.04. The Hall–Kier alpha value is -2.92. The first-order valence-corrected chi connectivity index (χ1v) is 10.7. The monoisotopic (exact) mass is 448 g/mol. The van der Waals surface area contributed by atoms with Gasteiger partial charge in [0.15, 0.2) is 16.7 Å². The van der Waals surface area contributed by atoms with Crippen molar-refractivity contribution >= 4 is 51.4 Å². The van der Waals surface area contributed by atoms with Crippen molar-refractivity contribution in [1.82, 2.24) is 15.1 Å². The molecule has 0 atom stereocenters. The number of benzene rings is 1. The average molecular weight is 449 g/mol. The molecule has 0 saturated carbocycles. The quantitative estimate of drug-likeness (QED) is 0.612. The van der Waals surface area contributed by atoms with Crippen molar-refractivity contribution in [1.29, 1.82) is 0 Å². The number of carbonyl (C=O) groups is 2. The molecule has 9 nitrogen and oxygen atoms in total. The fraction of sp³-hybridized carbons (Fsp3) is 0.316. The number of nitrogens with zero attached hydrogens (tertiary/aromatic N) is 4. The fourth-order valence-electron chi connectivity index (χ4n) is 2.58. The van der Waals surface area contributed by atoms with E-state index in [1.54, 1.807) is 29.2 Å². The van der Waals surface area contributed by atoms with E-state index >= 15 is 0 Å². The Kier molecular flexibility index (Phi) is 7.06. The molecular weight excluding hydrogens is 428 g/mol. The van der Waals surface area contributed by atoms with Crippen molar-refractivity contribution in [3.05, 3.63) is 33.7 Å². The van der Waals surface area contributed by atoms with E-state index in [2.05, 4.69) is 15.2 Å². The number of methoxy groups -OCH3 is 1. The molecule has 1 fully saturated rings. The van der Waals surface area contributed by atoms with Gasteiger partial charge in [0.05, 0.1) is 25.0 Å². The molecule has 30 heavy (non-hydrogen) atoms. The van der Waals surface area contributed by atoms with Crippen LogP contribution in [-0.4, -0.2) is 57.5 Å². The summed E-state index contributed by atoms with van der Waals surface area (Å²) in [6, 6.07) is 5.20. The molecule has 0 radical (unpaired) electrons. The molecule has 1 saturated heterocycles. The molecule has 11 heteroatoms. The van der Waals surface area contributed by atoms with Crippen LogP contribution in [0, 0.1) is 6.92 Å². The van der Waals surface area contributed by atoms with Crippen molar-refractivity contribution < 1.29 is 24.2 Å². The lowest BCUT2D eigenvalue weighted by atomic mass is 10.2. The summed E-state index contributed by atoms with van der Waals surface area (Å²) in [7, 11) is 1.50. The number of rotatable bonds is 8. The van der Waals surface area contributed by atoms with Crippen LogP contribution in [0.3, 0.4) is 0 Å². The second kappa shape index (κ2) is 9.72. The number of likely N-dealkylation sites (N-methyl/N-ethyl adjacent to an activating group) is 1. The van der Waals surface area contributed by atoms with E-state index in [0.717, 1.165) is 10.6 Å². The molecule has 0 bridgehead atoms. The number of aliphatic imine (C=N–C) groups is 1. The Bertz CT molecular complexity index is 1020. The van der Waals surface area contributed by atoms with Crippen LogP contribution in [0.15, 0.2) is 28.1 Å². The van der Waals surface area contributed by atoms with E-state index in [1.807, 2.05) is 13.8 Å². The standard InChI is InChI=1S/C19H20N4O5S2/c1-4-23-17(26)15(30-19(23)20-18-22-21-11(2)29-18)10-12-5-6-13(14(9-12)27-3)28-8-7-16(24)25/h5-6,9-10H,4,7-8H2,1-3H3,(H,24,25)/b15-10+,20-19+. The molecule has 0 spiro atoms. The van der Waals surface area contributed by atoms with Crippen LogP contribution < -0.4 is 9.47 Å². The average Bonchev–Trinajstić information content (AvgIpc) is 3.25. The lowest BCUT2D eigenvalue weighted by Gasteiger charge is -2.11. The van der Waals surface area contributed by atoms with Crippen LogP contribution in [0.5, 0.6) is 11.5 Å². The Balaban J connectivity index is 1.82. The third kappa shape index (κ3) is 5.16. The molecule has 2 aromatic rings. The number of aryl methyl sites for hydroxylation is 1. The molecule has 1 N–H and O–H groups in total. The lowest BCUT2D eigenvalue weighted by Crippen LogP contribution is -2.28. The van der Waals surface area contributed by atoms with E-state index in [4.69, 9.17) is 14.6 Å². The second-order valence-electron chi connectivity index (χ2n) is 6.06. The Morgan fingerprint density at radius 3 is 2.77 bits per heavy atom. The maximum Gasteiger partial charge on any atom is 0.306 e. The third-order valence-electron chi connectivity index (χ3n) is 3.97. The van der Waals surface area contributed by atoms with Crippen LogP contribution >= 0.6 is 23.1 Å². The minimum Gasteiger partial charge on any atom is -0.493 e. The van der Waals surface area contributed by atoms with E-state index in [0.29, 0.717) is 33.2 Å². The van der Waals surface area contributed by atoms with E-state index < -0.39 is 5.97 Å². The molecule has 1 aliphatic heterocycles. The predicted octanol–water partition coefficient (Wildman–Crippen LogP) is 3.33. The number of aromatic nitrogens is 2. The van der Waals surface area contributed by atoms with Crippen LogP contribution in [-0.2, 0) is 9.59 Å². The number of amidine groups is 1. The molecule has 3 rings (SSSR count). The molecule has 0 aliphatic carbocycles. The number of carboxylic acids is 1. The molecular formula is C19H20N4O5S2. The number of thioether (sulfide) groups is 1. The maximum atomic E-state index is 12.8. The highest BCUT2D eigenvalue weighted by Gasteiger charge is 2.32. The largest absolute Gasteiger partial charge is 0.493 e. The number of ether oxygens (including phenoxy) is 2. The second-order valence-corrected chi connectivity index (χ2v) is 8.23. The Labute approximate surface area is 181 Å². The van der Waals surface area contributed by atoms with Gasteiger partial charge in [-0.1, -0.05) is 17.4 Å². The molecule has 1 aromatic carbocycles. The number of carboxylic acid groups (broad SMARTS) is 1. The Morgan fingerprint density at radius 2 is 2.13 bits per heavy atom. The number of amides is 1. The predicted molar refractivity (Wildman–Crippen MR) is 115 cm³/mol. The minimum absolute atomic E-state index is 0.0385. The number of hydrogen-bond donors (Lipinski definition) is 1. The van der Waals surface area contributed by atoms with Gasteiger partial charge in [-0.3, -0.25) is 14.5 Å². The lowest BCUT2D eigenvalue weighted by molar-refractivity contribution is -0.137. The number of carbonyl (C=O) groups excluding carboxylic acids is 1. The van der Waals surface area contributed by atoms with Crippen LogP contribution in [0.4, 0.5) is 5.13 Å². The first kappa shape index (κ1) is 21.8. The summed E-state index contributed by atoms with van der Waals surface area (Å²) in [6.07, 6.45) is 1.65. The van der Waals surface area contributed by atoms with E-state index in [9.17, 15) is 9.59 Å². The summed E-state index contributed by atoms with van der Waals surface area (Å²) in [4.78, 5) is 30.0. The van der Waals surface area contributed by atoms with Crippen LogP contribution in [0.2, 0.25) is 0 Å². The van der Waals surface area contributed by atoms with Crippen molar-refractivity contribution in [3.8, 4) is 11.5 Å². The molecule has 1 aliphatic rings. The smallest absolute Gasteiger partial charge is 0.306 e. The summed E-state index contributed by atoms with van der Waals surface area (Å²) < 4.78 is 10.8. The number of hydrogen-bond acceptors (Lipinski definition) is 9. The SMILES string of the molecule is CCN1C(=O)/C(=C\c2ccc(OCCC(=O)O)c(OC)c2)S/C1=N/c1nnc(C)s1. The zero-order valence-electron chi connectivity index (χ0n) is 16.6. The highest BCUT2D eigenvalue weighted by Crippen LogP contribution is 2.36. The van der Waals surface area contributed by atoms with Crippen LogP contribution in [0.25, 0.3) is 6.08 Å². The first-order chi connectivity index (χ1) is 14.4. The summed E-state index contributed by atoms with van der Waals surface area (Å²) >= 11 is 2.63. The van der Waals surface area contributed by atoms with Gasteiger partial charge in [-0.05, 0) is 49.4 Å². The van der Waals surface area contributed by atoms with Crippen molar-refractivity contribution in [2.75, 3.05) is 20.3 Å². The Morgan fingerprint density at radius 1 is 1.33 bits per heavy atom. The van der Waals surface area contributed by atoms with Gasteiger partial charge < -0.3 is 14.6 Å². The zero-order valence-corrected chi connectivity index (χ0v) is 18.2. The van der Waals surface area contributed by atoms with Crippen molar-refractivity contribution in [2.24, 2.45) is 4.99 Å². The molecule has 1 amide bonds. The van der Waals surface area contributed by atoms with Crippen LogP contribution in [0.1, 0.15) is 23.9 Å². The normalized spacial score (nSPS) is 16.5. The maximum absolute atomic E-state index is 12.8. The molecule has 1 aromatic heterocycles. The molecule has 158 valence electrons. The van der Waals surface area contributed by atoms with Gasteiger partial charge in [0.25, 0.3) is 5.91 Å². The highest BCUT2D eigenvalue weighted by atomic mass is 32.2. The topological polar surface area (TPSA) is 114 Å². The summed E-state index contributed by atoms with van der Waals surface area (Å²) in [5.74, 6) is -0.178. The summed E-state index contributed by atoms with van der Waals surface area (Å²) in [5.41, 5.74) is 0.748. The van der Waals surface area contributed by atoms with Gasteiger partial charge in [-0.25, -0.2) is 0 Å². The minimum atomic E-state index is -0.936. The van der Waals surface area contributed by atoms with Gasteiger partial charge >= 0.3 is 5.97 Å². The van der Waals surface area contributed by atoms with Gasteiger partial charge in [0, 0.05) is 6.54 Å². The molecule has 2 heterocycles. The van der Waals surface area contributed by atoms with Gasteiger partial charge in [0.2, 0.25) is 5.13 Å². The third-order valence-corrected chi connectivity index (χ3v) is 5.71. The van der Waals surface area contributed by atoms with Gasteiger partial charge in [0.1, 0.15) is 5.01 Å².